The van der Waals surface area contributed by atoms with E-state index in [4.69, 9.17) is 37.0 Å². The molecule has 5 atom stereocenters. The largest absolute Gasteiger partial charge is 0.472 e. The number of carbonyl (C=O) groups excluding carboxylic acids is 4. The van der Waals surface area contributed by atoms with Crippen molar-refractivity contribution in [2.45, 2.75) is 353 Å². The molecular formula is C79H142O17P2. The zero-order valence-electron chi connectivity index (χ0n) is 61.8. The molecule has 19 heteroatoms. The second-order valence-corrected chi connectivity index (χ2v) is 29.1. The fraction of sp³-hybridized carbons (Fsp3) is 0.797. The average Bonchev–Trinajstić information content (AvgIpc) is 1.02. The van der Waals surface area contributed by atoms with E-state index in [1.54, 1.807) is 0 Å². The molecule has 0 aromatic rings. The maximum atomic E-state index is 13.1. The summed E-state index contributed by atoms with van der Waals surface area (Å²) >= 11 is 0. The average molecular weight is 1430 g/mol. The molecule has 0 heterocycles. The number of phosphoric acid groups is 2. The lowest BCUT2D eigenvalue weighted by atomic mass is 10.1. The van der Waals surface area contributed by atoms with Gasteiger partial charge in [-0.1, -0.05) is 228 Å². The maximum Gasteiger partial charge on any atom is 0.472 e. The first kappa shape index (κ1) is 94.8. The minimum Gasteiger partial charge on any atom is -0.463 e. The number of rotatable bonds is 78. The summed E-state index contributed by atoms with van der Waals surface area (Å²) in [5.74, 6) is -0.875. The molecule has 0 aliphatic heterocycles. The summed E-state index contributed by atoms with van der Waals surface area (Å²) < 4.78 is 69.9. The van der Waals surface area contributed by atoms with Crippen LogP contribution in [0.2, 0.25) is 0 Å². The van der Waals surface area contributed by atoms with Crippen LogP contribution in [0.15, 0.2) is 72.9 Å². The summed E-state index contributed by atoms with van der Waals surface area (Å²) in [6.07, 6.45) is 75.7. The van der Waals surface area contributed by atoms with Gasteiger partial charge in [-0.05, 0) is 154 Å². The van der Waals surface area contributed by atoms with Crippen molar-refractivity contribution in [2.24, 2.45) is 0 Å². The van der Waals surface area contributed by atoms with Gasteiger partial charge in [-0.15, -0.1) is 0 Å². The van der Waals surface area contributed by atoms with Crippen LogP contribution in [0, 0.1) is 0 Å². The number of aliphatic hydroxyl groups is 1. The number of unbranched alkanes of at least 4 members (excludes halogenated alkanes) is 38. The van der Waals surface area contributed by atoms with Crippen molar-refractivity contribution in [1.82, 2.24) is 0 Å². The molecule has 17 nitrogen and oxygen atoms in total. The minimum absolute atomic E-state index is 0.0731. The predicted octanol–water partition coefficient (Wildman–Crippen LogP) is 21.8. The highest BCUT2D eigenvalue weighted by Gasteiger charge is 2.29. The van der Waals surface area contributed by atoms with Gasteiger partial charge >= 0.3 is 27.6 Å². The molecular weight excluding hydrogens is 1280 g/mol. The van der Waals surface area contributed by atoms with E-state index in [9.17, 15) is 43.2 Å². The number of phosphoric ester groups is 2. The van der Waals surface area contributed by atoms with Crippen molar-refractivity contribution >= 4 is 40.2 Å². The summed E-state index contributed by atoms with van der Waals surface area (Å²) in [6, 6.07) is 0. The van der Waals surface area contributed by atoms with E-state index in [-0.39, 0.29) is 26.1 Å². The summed E-state index contributed by atoms with van der Waals surface area (Å²) in [7, 11) is -9.69. The Bertz CT molecular complexity index is 2080. The Morgan fingerprint density at radius 3 is 1.03 bits per heavy atom. The summed E-state index contributed by atoms with van der Waals surface area (Å²) in [5, 5.41) is 10.6. The van der Waals surface area contributed by atoms with E-state index < -0.39 is 72.3 Å². The number of aliphatic hydroxyl groups excluding tert-OH is 1. The lowest BCUT2D eigenvalue weighted by Crippen LogP contribution is -2.29. The first-order valence-electron chi connectivity index (χ1n) is 39.1. The molecule has 0 aliphatic carbocycles. The van der Waals surface area contributed by atoms with Crippen molar-refractivity contribution in [3.05, 3.63) is 72.9 Å². The van der Waals surface area contributed by atoms with Crippen LogP contribution in [-0.4, -0.2) is 111 Å². The van der Waals surface area contributed by atoms with Crippen molar-refractivity contribution in [2.75, 3.05) is 52.9 Å². The SMILES string of the molecule is CCCCC/C=C\C/C=C\CCCCCCCC(=O)OC[C@H](COP(=O)(O)OC[C@@H](O)COP(=O)(O)OC[C@@H](COCCCCCCC/C=C\CCCCCCC=O)OC(=O)CCCCCCC/C=C\C/C=C\CCCCC)OCCCCCCCCC/C=C\CCCCCCC=O. The Morgan fingerprint density at radius 1 is 0.337 bits per heavy atom. The second kappa shape index (κ2) is 75.0. The Morgan fingerprint density at radius 2 is 0.643 bits per heavy atom. The van der Waals surface area contributed by atoms with Crippen LogP contribution < -0.4 is 0 Å². The van der Waals surface area contributed by atoms with Crippen molar-refractivity contribution in [3.8, 4) is 0 Å². The van der Waals surface area contributed by atoms with Gasteiger partial charge in [0.15, 0.2) is 0 Å². The quantitative estimate of drug-likeness (QED) is 0.0169. The number of carbonyl (C=O) groups is 4. The fourth-order valence-corrected chi connectivity index (χ4v) is 12.2. The first-order chi connectivity index (χ1) is 47.9. The van der Waals surface area contributed by atoms with Gasteiger partial charge in [-0.25, -0.2) is 9.13 Å². The van der Waals surface area contributed by atoms with Gasteiger partial charge in [0.1, 0.15) is 37.5 Å². The van der Waals surface area contributed by atoms with Crippen LogP contribution in [-0.2, 0) is 65.4 Å². The lowest BCUT2D eigenvalue weighted by Gasteiger charge is -2.21. The molecule has 0 fully saturated rings. The summed E-state index contributed by atoms with van der Waals surface area (Å²) in [5.41, 5.74) is 0. The Balaban J connectivity index is 5.22. The number of allylic oxidation sites excluding steroid dienone is 12. The smallest absolute Gasteiger partial charge is 0.463 e. The molecule has 3 N–H and O–H groups in total. The standard InChI is InChI=1S/C79H142O17P2/c1-3-5-7-9-11-13-15-17-21-27-33-39-45-51-57-63-78(83)91-72-76(90-68-62-56-50-44-38-32-25-20-19-23-29-35-41-47-53-59-65-80)73-94-97(85,86)92-69-75(82)70-93-98(87,88)95-74-77(71-89-67-61-55-49-43-37-31-26-24-30-36-42-48-54-60-66-81)96-79(84)64-58-52-46-40-34-28-22-18-16-14-12-10-8-6-4-2/h11-14,17-19,21-24,26,65-66,75-77,82H,3-10,15-16,20,25,27-64,67-74H2,1-2H3,(H,85,86)(H,87,88)/b13-11-,14-12-,21-17-,22-18-,23-19-,26-24-/t75-,76-,77-/m1/s1. The molecule has 0 bridgehead atoms. The Kier molecular flexibility index (Phi) is 72.6. The van der Waals surface area contributed by atoms with Gasteiger partial charge in [-0.2, -0.15) is 0 Å². The number of aldehydes is 2. The van der Waals surface area contributed by atoms with Gasteiger partial charge in [0.05, 0.1) is 33.0 Å². The third kappa shape index (κ3) is 74.0. The molecule has 0 aromatic carbocycles. The van der Waals surface area contributed by atoms with Gasteiger partial charge in [-0.3, -0.25) is 27.7 Å². The van der Waals surface area contributed by atoms with E-state index in [2.05, 4.69) is 86.8 Å². The number of hydrogen-bond donors (Lipinski definition) is 3. The topological polar surface area (TPSA) is 237 Å². The van der Waals surface area contributed by atoms with E-state index >= 15 is 0 Å². The molecule has 0 saturated carbocycles. The maximum absolute atomic E-state index is 13.1. The van der Waals surface area contributed by atoms with E-state index in [1.807, 2.05) is 0 Å². The first-order valence-corrected chi connectivity index (χ1v) is 42.1. The number of ether oxygens (including phenoxy) is 4. The van der Waals surface area contributed by atoms with Gasteiger partial charge < -0.3 is 43.4 Å². The highest BCUT2D eigenvalue weighted by molar-refractivity contribution is 7.47. The highest BCUT2D eigenvalue weighted by atomic mass is 31.2. The minimum atomic E-state index is -4.86. The second-order valence-electron chi connectivity index (χ2n) is 26.2. The summed E-state index contributed by atoms with van der Waals surface area (Å²) in [4.78, 5) is 68.0. The molecule has 2 unspecified atom stereocenters. The molecule has 0 radical (unpaired) electrons. The van der Waals surface area contributed by atoms with Crippen LogP contribution in [0.5, 0.6) is 0 Å². The molecule has 0 rings (SSSR count). The molecule has 0 aromatic heterocycles. The Hall–Kier alpha value is -3.18. The van der Waals surface area contributed by atoms with Crippen LogP contribution in [0.1, 0.15) is 335 Å². The van der Waals surface area contributed by atoms with Crippen molar-refractivity contribution < 1.29 is 80.2 Å². The zero-order valence-corrected chi connectivity index (χ0v) is 63.6. The fourth-order valence-electron chi connectivity index (χ4n) is 10.6. The molecule has 0 aliphatic rings. The predicted molar refractivity (Wildman–Crippen MR) is 400 cm³/mol. The van der Waals surface area contributed by atoms with Gasteiger partial charge in [0.25, 0.3) is 0 Å². The summed E-state index contributed by atoms with van der Waals surface area (Å²) in [6.45, 7) is 2.26. The van der Waals surface area contributed by atoms with E-state index in [1.165, 1.54) is 57.8 Å². The molecule has 0 amide bonds. The van der Waals surface area contributed by atoms with Crippen LogP contribution in [0.3, 0.4) is 0 Å². The van der Waals surface area contributed by atoms with Crippen molar-refractivity contribution in [3.63, 3.8) is 0 Å². The van der Waals surface area contributed by atoms with Crippen molar-refractivity contribution in [1.29, 1.82) is 0 Å². The normalized spacial score (nSPS) is 14.4. The van der Waals surface area contributed by atoms with Crippen LogP contribution >= 0.6 is 15.6 Å². The molecule has 98 heavy (non-hydrogen) atoms. The lowest BCUT2D eigenvalue weighted by molar-refractivity contribution is -0.154. The monoisotopic (exact) mass is 1420 g/mol. The van der Waals surface area contributed by atoms with Gasteiger partial charge in [0, 0.05) is 38.9 Å². The molecule has 570 valence electrons. The molecule has 0 spiro atoms. The third-order valence-corrected chi connectivity index (χ3v) is 18.6. The number of esters is 2. The van der Waals surface area contributed by atoms with Gasteiger partial charge in [0.2, 0.25) is 0 Å². The zero-order chi connectivity index (χ0) is 71.5. The van der Waals surface area contributed by atoms with E-state index in [0.29, 0.717) is 38.9 Å². The Labute approximate surface area is 596 Å². The third-order valence-electron chi connectivity index (χ3n) is 16.6. The number of hydrogen-bond acceptors (Lipinski definition) is 15. The van der Waals surface area contributed by atoms with Crippen LogP contribution in [0.4, 0.5) is 0 Å². The molecule has 0 saturated heterocycles. The van der Waals surface area contributed by atoms with Crippen LogP contribution in [0.25, 0.3) is 0 Å². The highest BCUT2D eigenvalue weighted by Crippen LogP contribution is 2.45. The van der Waals surface area contributed by atoms with E-state index in [0.717, 1.165) is 237 Å².